The van der Waals surface area contributed by atoms with E-state index in [1.54, 1.807) is 0 Å². The van der Waals surface area contributed by atoms with Crippen LogP contribution in [-0.2, 0) is 0 Å². The maximum absolute atomic E-state index is 12.1. The molecule has 1 aromatic heterocycles. The molecule has 7 heteroatoms. The smallest absolute Gasteiger partial charge is 0.289 e. The largest absolute Gasteiger partial charge is 0.486 e. The molecule has 2 aliphatic rings. The Labute approximate surface area is 132 Å². The maximum atomic E-state index is 12.1. The van der Waals surface area contributed by atoms with Gasteiger partial charge in [0.2, 0.25) is 5.76 Å². The fraction of sp³-hybridized carbons (Fsp3) is 0.375. The molecule has 1 aliphatic heterocycles. The van der Waals surface area contributed by atoms with Crippen LogP contribution in [0.2, 0.25) is 0 Å². The van der Waals surface area contributed by atoms with Gasteiger partial charge in [-0.05, 0) is 12.1 Å². The van der Waals surface area contributed by atoms with Gasteiger partial charge in [-0.1, -0.05) is 12.1 Å². The van der Waals surface area contributed by atoms with E-state index in [0.29, 0.717) is 6.42 Å². The first kappa shape index (κ1) is 14.1. The van der Waals surface area contributed by atoms with Crippen molar-refractivity contribution in [3.05, 3.63) is 42.6 Å². The van der Waals surface area contributed by atoms with E-state index in [1.807, 2.05) is 36.2 Å². The predicted molar refractivity (Wildman–Crippen MR) is 81.4 cm³/mol. The Bertz CT molecular complexity index is 718. The molecule has 4 atom stereocenters. The van der Waals surface area contributed by atoms with Crippen LogP contribution in [0.15, 0.2) is 41.3 Å². The highest BCUT2D eigenvalue weighted by atomic mass is 16.5. The standard InChI is InChI=1S/C16H17N3O4/c1-19-10-4-2-3-5-11(10)23-12-6-9(15(20)14(12)19)18-16(21)13-7-17-8-22-13/h2-5,7-9,12,14-15,20H,6H2,1H3,(H,18,21)/t9-,12-,14-,15-/m1/s1. The highest BCUT2D eigenvalue weighted by Crippen LogP contribution is 2.40. The summed E-state index contributed by atoms with van der Waals surface area (Å²) in [7, 11) is 1.93. The molecule has 1 aliphatic carbocycles. The van der Waals surface area contributed by atoms with Crippen molar-refractivity contribution in [2.24, 2.45) is 0 Å². The van der Waals surface area contributed by atoms with Gasteiger partial charge in [0.05, 0.1) is 30.1 Å². The van der Waals surface area contributed by atoms with Gasteiger partial charge in [0.25, 0.3) is 5.91 Å². The Hall–Kier alpha value is -2.54. The Balaban J connectivity index is 1.54. The molecule has 2 aromatic rings. The van der Waals surface area contributed by atoms with E-state index in [4.69, 9.17) is 9.15 Å². The van der Waals surface area contributed by atoms with Crippen molar-refractivity contribution in [3.8, 4) is 5.75 Å². The lowest BCUT2D eigenvalue weighted by Gasteiger charge is -2.39. The van der Waals surface area contributed by atoms with Crippen LogP contribution in [0.1, 0.15) is 17.0 Å². The van der Waals surface area contributed by atoms with E-state index in [-0.39, 0.29) is 23.8 Å². The number of carbonyl (C=O) groups is 1. The topological polar surface area (TPSA) is 87.8 Å². The Morgan fingerprint density at radius 1 is 1.43 bits per heavy atom. The van der Waals surface area contributed by atoms with Crippen molar-refractivity contribution >= 4 is 11.6 Å². The predicted octanol–water partition coefficient (Wildman–Crippen LogP) is 0.804. The average Bonchev–Trinajstić information content (AvgIpc) is 3.17. The number of hydrogen-bond acceptors (Lipinski definition) is 6. The number of aliphatic hydroxyl groups is 1. The third-order valence-corrected chi connectivity index (χ3v) is 4.57. The third-order valence-electron chi connectivity index (χ3n) is 4.57. The first-order valence-electron chi connectivity index (χ1n) is 7.51. The lowest BCUT2D eigenvalue weighted by Crippen LogP contribution is -2.52. The number of amides is 1. The highest BCUT2D eigenvalue weighted by Gasteiger charge is 2.49. The zero-order chi connectivity index (χ0) is 16.0. The number of ether oxygens (including phenoxy) is 1. The minimum absolute atomic E-state index is 0.129. The van der Waals surface area contributed by atoms with Crippen molar-refractivity contribution in [2.45, 2.75) is 30.7 Å². The van der Waals surface area contributed by atoms with Crippen molar-refractivity contribution < 1.29 is 19.1 Å². The summed E-state index contributed by atoms with van der Waals surface area (Å²) >= 11 is 0. The average molecular weight is 315 g/mol. The van der Waals surface area contributed by atoms with Gasteiger partial charge in [0.1, 0.15) is 11.9 Å². The molecule has 1 fully saturated rings. The van der Waals surface area contributed by atoms with Crippen LogP contribution < -0.4 is 15.0 Å². The van der Waals surface area contributed by atoms with Gasteiger partial charge in [-0.2, -0.15) is 0 Å². The molecule has 0 spiro atoms. The van der Waals surface area contributed by atoms with Crippen molar-refractivity contribution in [1.82, 2.24) is 10.3 Å². The summed E-state index contributed by atoms with van der Waals surface area (Å²) < 4.78 is 11.0. The number of oxazole rings is 1. The second kappa shape index (κ2) is 5.27. The van der Waals surface area contributed by atoms with Crippen LogP contribution >= 0.6 is 0 Å². The number of para-hydroxylation sites is 2. The number of aliphatic hydroxyl groups excluding tert-OH is 1. The van der Waals surface area contributed by atoms with E-state index in [1.165, 1.54) is 12.6 Å². The summed E-state index contributed by atoms with van der Waals surface area (Å²) in [5.41, 5.74) is 0.940. The molecular weight excluding hydrogens is 298 g/mol. The van der Waals surface area contributed by atoms with Gasteiger partial charge < -0.3 is 24.5 Å². The number of hydrogen-bond donors (Lipinski definition) is 2. The number of likely N-dealkylation sites (N-methyl/N-ethyl adjacent to an activating group) is 1. The van der Waals surface area contributed by atoms with Gasteiger partial charge in [-0.15, -0.1) is 0 Å². The molecule has 0 unspecified atom stereocenters. The van der Waals surface area contributed by atoms with E-state index in [9.17, 15) is 9.90 Å². The molecule has 2 heterocycles. The number of nitrogens with zero attached hydrogens (tertiary/aromatic N) is 2. The van der Waals surface area contributed by atoms with Gasteiger partial charge in [-0.3, -0.25) is 4.79 Å². The molecule has 120 valence electrons. The van der Waals surface area contributed by atoms with Crippen LogP contribution in [0.4, 0.5) is 5.69 Å². The fourth-order valence-corrected chi connectivity index (χ4v) is 3.47. The van der Waals surface area contributed by atoms with Crippen molar-refractivity contribution in [3.63, 3.8) is 0 Å². The van der Waals surface area contributed by atoms with Crippen LogP contribution in [-0.4, -0.2) is 47.3 Å². The molecule has 2 N–H and O–H groups in total. The van der Waals surface area contributed by atoms with E-state index >= 15 is 0 Å². The number of benzene rings is 1. The second-order valence-electron chi connectivity index (χ2n) is 5.90. The summed E-state index contributed by atoms with van der Waals surface area (Å²) in [6.45, 7) is 0. The van der Waals surface area contributed by atoms with E-state index < -0.39 is 12.1 Å². The van der Waals surface area contributed by atoms with Crippen LogP contribution in [0, 0.1) is 0 Å². The lowest BCUT2D eigenvalue weighted by atomic mass is 10.1. The number of carbonyl (C=O) groups excluding carboxylic acids is 1. The first-order chi connectivity index (χ1) is 11.1. The maximum Gasteiger partial charge on any atom is 0.289 e. The Kier molecular flexibility index (Phi) is 3.23. The summed E-state index contributed by atoms with van der Waals surface area (Å²) in [4.78, 5) is 17.9. The zero-order valence-electron chi connectivity index (χ0n) is 12.5. The Morgan fingerprint density at radius 3 is 3.04 bits per heavy atom. The minimum Gasteiger partial charge on any atom is -0.486 e. The summed E-state index contributed by atoms with van der Waals surface area (Å²) in [6, 6.07) is 7.11. The summed E-state index contributed by atoms with van der Waals surface area (Å²) in [5.74, 6) is 0.542. The summed E-state index contributed by atoms with van der Waals surface area (Å²) in [6.07, 6.45) is 2.18. The minimum atomic E-state index is -0.731. The number of aromatic nitrogens is 1. The molecule has 0 radical (unpaired) electrons. The Morgan fingerprint density at radius 2 is 2.26 bits per heavy atom. The molecule has 7 nitrogen and oxygen atoms in total. The van der Waals surface area contributed by atoms with Crippen LogP contribution in [0.5, 0.6) is 5.75 Å². The second-order valence-corrected chi connectivity index (χ2v) is 5.90. The van der Waals surface area contributed by atoms with Crippen LogP contribution in [0.25, 0.3) is 0 Å². The van der Waals surface area contributed by atoms with Gasteiger partial charge >= 0.3 is 0 Å². The molecule has 1 amide bonds. The first-order valence-corrected chi connectivity index (χ1v) is 7.51. The van der Waals surface area contributed by atoms with Crippen molar-refractivity contribution in [1.29, 1.82) is 0 Å². The van der Waals surface area contributed by atoms with E-state index in [0.717, 1.165) is 11.4 Å². The number of nitrogens with one attached hydrogen (secondary N) is 1. The van der Waals surface area contributed by atoms with Crippen LogP contribution in [0.3, 0.4) is 0 Å². The number of fused-ring (bicyclic) bond motifs is 2. The highest BCUT2D eigenvalue weighted by molar-refractivity contribution is 5.91. The van der Waals surface area contributed by atoms with Gasteiger partial charge in [0.15, 0.2) is 6.39 Å². The SMILES string of the molecule is CN1c2ccccc2O[C@@H]2C[C@@H](NC(=O)c3cnco3)[C@@H](O)[C@@H]21. The number of rotatable bonds is 2. The number of anilines is 1. The normalized spacial score (nSPS) is 28.7. The quantitative estimate of drug-likeness (QED) is 0.852. The molecule has 23 heavy (non-hydrogen) atoms. The van der Waals surface area contributed by atoms with Crippen molar-refractivity contribution in [2.75, 3.05) is 11.9 Å². The van der Waals surface area contributed by atoms with Gasteiger partial charge in [-0.25, -0.2) is 4.98 Å². The zero-order valence-corrected chi connectivity index (χ0v) is 12.5. The fourth-order valence-electron chi connectivity index (χ4n) is 3.47. The van der Waals surface area contributed by atoms with E-state index in [2.05, 4.69) is 10.3 Å². The molecule has 0 bridgehead atoms. The molecule has 4 rings (SSSR count). The molecule has 1 saturated carbocycles. The molecule has 1 aromatic carbocycles. The molecular formula is C16H17N3O4. The molecule has 0 saturated heterocycles. The monoisotopic (exact) mass is 315 g/mol. The third kappa shape index (κ3) is 2.24. The summed E-state index contributed by atoms with van der Waals surface area (Å²) in [5, 5.41) is 13.4. The lowest BCUT2D eigenvalue weighted by molar-refractivity contribution is 0.0805. The van der Waals surface area contributed by atoms with Gasteiger partial charge in [0, 0.05) is 13.5 Å².